The summed E-state index contributed by atoms with van der Waals surface area (Å²) in [7, 11) is 3.44. The van der Waals surface area contributed by atoms with E-state index in [1.54, 1.807) is 32.4 Å². The molecule has 0 spiro atoms. The molecule has 2 N–H and O–H groups in total. The predicted molar refractivity (Wildman–Crippen MR) is 83.4 cm³/mol. The number of aromatic nitrogens is 1. The fourth-order valence-corrected chi connectivity index (χ4v) is 2.70. The van der Waals surface area contributed by atoms with Gasteiger partial charge in [0.05, 0.1) is 11.2 Å². The fraction of sp³-hybridized carbons (Fsp3) is 0.625. The van der Waals surface area contributed by atoms with Crippen LogP contribution in [0.1, 0.15) is 48.9 Å². The highest BCUT2D eigenvalue weighted by molar-refractivity contribution is 5.93. The highest BCUT2D eigenvalue weighted by atomic mass is 16.3. The van der Waals surface area contributed by atoms with Crippen LogP contribution in [0.3, 0.4) is 0 Å². The first-order valence-electron chi connectivity index (χ1n) is 7.64. The Bertz CT molecular complexity index is 463. The number of pyridine rings is 1. The average molecular weight is 291 g/mol. The lowest BCUT2D eigenvalue weighted by molar-refractivity contribution is 0.0380. The standard InChI is InChI=1S/C16H25N3O2/c1-19(2)15(20)13-7-8-14(17-11-13)18-12-16(21)9-5-3-4-6-10-16/h7-8,11,21H,3-6,9-10,12H2,1-2H3,(H,17,18). The van der Waals surface area contributed by atoms with Crippen molar-refractivity contribution in [2.75, 3.05) is 26.0 Å². The summed E-state index contributed by atoms with van der Waals surface area (Å²) in [6, 6.07) is 3.55. The van der Waals surface area contributed by atoms with Crippen LogP contribution in [-0.2, 0) is 0 Å². The normalized spacial score (nSPS) is 17.9. The van der Waals surface area contributed by atoms with Gasteiger partial charge in [-0.15, -0.1) is 0 Å². The first-order chi connectivity index (χ1) is 10.0. The van der Waals surface area contributed by atoms with Crippen molar-refractivity contribution in [2.24, 2.45) is 0 Å². The molecule has 0 saturated heterocycles. The first-order valence-corrected chi connectivity index (χ1v) is 7.64. The molecule has 0 aliphatic heterocycles. The molecule has 116 valence electrons. The molecule has 5 heteroatoms. The fourth-order valence-electron chi connectivity index (χ4n) is 2.70. The smallest absolute Gasteiger partial charge is 0.254 e. The molecule has 1 aliphatic carbocycles. The third-order valence-corrected chi connectivity index (χ3v) is 4.05. The van der Waals surface area contributed by atoms with Crippen LogP contribution < -0.4 is 5.32 Å². The molecule has 0 bridgehead atoms. The van der Waals surface area contributed by atoms with E-state index in [2.05, 4.69) is 10.3 Å². The largest absolute Gasteiger partial charge is 0.388 e. The van der Waals surface area contributed by atoms with E-state index in [0.29, 0.717) is 17.9 Å². The lowest BCUT2D eigenvalue weighted by Crippen LogP contribution is -2.36. The molecule has 21 heavy (non-hydrogen) atoms. The molecule has 1 aromatic heterocycles. The third kappa shape index (κ3) is 4.43. The summed E-state index contributed by atoms with van der Waals surface area (Å²) >= 11 is 0. The monoisotopic (exact) mass is 291 g/mol. The second kappa shape index (κ2) is 6.89. The highest BCUT2D eigenvalue weighted by Gasteiger charge is 2.27. The van der Waals surface area contributed by atoms with Gasteiger partial charge in [-0.25, -0.2) is 4.98 Å². The quantitative estimate of drug-likeness (QED) is 0.835. The van der Waals surface area contributed by atoms with E-state index >= 15 is 0 Å². The summed E-state index contributed by atoms with van der Waals surface area (Å²) < 4.78 is 0. The minimum Gasteiger partial charge on any atom is -0.388 e. The molecular formula is C16H25N3O2. The molecule has 5 nitrogen and oxygen atoms in total. The van der Waals surface area contributed by atoms with Gasteiger partial charge in [0.1, 0.15) is 5.82 Å². The number of carbonyl (C=O) groups is 1. The number of rotatable bonds is 4. The van der Waals surface area contributed by atoms with Crippen molar-refractivity contribution >= 4 is 11.7 Å². The van der Waals surface area contributed by atoms with Crippen molar-refractivity contribution in [2.45, 2.75) is 44.1 Å². The Kier molecular flexibility index (Phi) is 5.17. The van der Waals surface area contributed by atoms with Crippen molar-refractivity contribution in [1.82, 2.24) is 9.88 Å². The van der Waals surface area contributed by atoms with E-state index in [0.717, 1.165) is 25.7 Å². The summed E-state index contributed by atoms with van der Waals surface area (Å²) in [6.07, 6.45) is 7.85. The lowest BCUT2D eigenvalue weighted by atomic mass is 9.94. The van der Waals surface area contributed by atoms with E-state index in [9.17, 15) is 9.90 Å². The van der Waals surface area contributed by atoms with Crippen LogP contribution in [0.25, 0.3) is 0 Å². The van der Waals surface area contributed by atoms with Gasteiger partial charge in [0.15, 0.2) is 0 Å². The Morgan fingerprint density at radius 1 is 1.29 bits per heavy atom. The molecule has 1 aromatic rings. The Hall–Kier alpha value is -1.62. The number of nitrogens with one attached hydrogen (secondary N) is 1. The van der Waals surface area contributed by atoms with Gasteiger partial charge in [-0.1, -0.05) is 25.7 Å². The predicted octanol–water partition coefficient (Wildman–Crippen LogP) is 2.28. The second-order valence-electron chi connectivity index (χ2n) is 6.12. The topological polar surface area (TPSA) is 65.5 Å². The van der Waals surface area contributed by atoms with Crippen molar-refractivity contribution in [3.8, 4) is 0 Å². The minimum absolute atomic E-state index is 0.0588. The minimum atomic E-state index is -0.629. The van der Waals surface area contributed by atoms with Crippen molar-refractivity contribution < 1.29 is 9.90 Å². The van der Waals surface area contributed by atoms with Gasteiger partial charge < -0.3 is 15.3 Å². The maximum absolute atomic E-state index is 11.8. The molecule has 1 saturated carbocycles. The van der Waals surface area contributed by atoms with Crippen LogP contribution in [0.15, 0.2) is 18.3 Å². The second-order valence-corrected chi connectivity index (χ2v) is 6.12. The van der Waals surface area contributed by atoms with E-state index in [-0.39, 0.29) is 5.91 Å². The molecule has 2 rings (SSSR count). The van der Waals surface area contributed by atoms with Gasteiger partial charge in [0.2, 0.25) is 0 Å². The zero-order valence-electron chi connectivity index (χ0n) is 12.9. The summed E-state index contributed by atoms with van der Waals surface area (Å²) in [6.45, 7) is 0.515. The Morgan fingerprint density at radius 2 is 1.95 bits per heavy atom. The summed E-state index contributed by atoms with van der Waals surface area (Å²) in [5.41, 5.74) is -0.0604. The molecule has 1 amide bonds. The lowest BCUT2D eigenvalue weighted by Gasteiger charge is -2.27. The summed E-state index contributed by atoms with van der Waals surface area (Å²) in [5.74, 6) is 0.638. The molecule has 1 heterocycles. The number of amides is 1. The molecule has 0 unspecified atom stereocenters. The summed E-state index contributed by atoms with van der Waals surface area (Å²) in [4.78, 5) is 17.6. The maximum Gasteiger partial charge on any atom is 0.254 e. The van der Waals surface area contributed by atoms with Crippen molar-refractivity contribution in [3.05, 3.63) is 23.9 Å². The molecule has 0 aromatic carbocycles. The van der Waals surface area contributed by atoms with Gasteiger partial charge in [0, 0.05) is 26.8 Å². The van der Waals surface area contributed by atoms with Crippen LogP contribution in [-0.4, -0.2) is 47.1 Å². The molecule has 0 radical (unpaired) electrons. The first kappa shape index (κ1) is 15.8. The van der Waals surface area contributed by atoms with E-state index in [4.69, 9.17) is 0 Å². The zero-order chi connectivity index (χ0) is 15.3. The Balaban J connectivity index is 1.92. The van der Waals surface area contributed by atoms with Crippen molar-refractivity contribution in [3.63, 3.8) is 0 Å². The van der Waals surface area contributed by atoms with Crippen LogP contribution in [0.2, 0.25) is 0 Å². The summed E-state index contributed by atoms with van der Waals surface area (Å²) in [5, 5.41) is 13.8. The van der Waals surface area contributed by atoms with Crippen LogP contribution >= 0.6 is 0 Å². The Labute approximate surface area is 126 Å². The van der Waals surface area contributed by atoms with Gasteiger partial charge in [-0.05, 0) is 25.0 Å². The van der Waals surface area contributed by atoms with Gasteiger partial charge in [0.25, 0.3) is 5.91 Å². The molecule has 1 aliphatic rings. The molecular weight excluding hydrogens is 266 g/mol. The number of anilines is 1. The van der Waals surface area contributed by atoms with Crippen LogP contribution in [0.5, 0.6) is 0 Å². The van der Waals surface area contributed by atoms with E-state index in [1.165, 1.54) is 17.7 Å². The zero-order valence-corrected chi connectivity index (χ0v) is 12.9. The number of carbonyl (C=O) groups excluding carboxylic acids is 1. The van der Waals surface area contributed by atoms with Gasteiger partial charge in [-0.3, -0.25) is 4.79 Å². The van der Waals surface area contributed by atoms with Gasteiger partial charge in [-0.2, -0.15) is 0 Å². The average Bonchev–Trinajstić information content (AvgIpc) is 2.70. The van der Waals surface area contributed by atoms with Crippen LogP contribution in [0.4, 0.5) is 5.82 Å². The number of aliphatic hydroxyl groups is 1. The van der Waals surface area contributed by atoms with E-state index in [1.807, 2.05) is 0 Å². The van der Waals surface area contributed by atoms with Crippen molar-refractivity contribution in [1.29, 1.82) is 0 Å². The maximum atomic E-state index is 11.8. The number of nitrogens with zero attached hydrogens (tertiary/aromatic N) is 2. The SMILES string of the molecule is CN(C)C(=O)c1ccc(NCC2(O)CCCCCC2)nc1. The van der Waals surface area contributed by atoms with Crippen LogP contribution in [0, 0.1) is 0 Å². The molecule has 1 fully saturated rings. The highest BCUT2D eigenvalue weighted by Crippen LogP contribution is 2.27. The third-order valence-electron chi connectivity index (χ3n) is 4.05. The van der Waals surface area contributed by atoms with Gasteiger partial charge >= 0.3 is 0 Å². The Morgan fingerprint density at radius 3 is 2.48 bits per heavy atom. The number of hydrogen-bond donors (Lipinski definition) is 2. The van der Waals surface area contributed by atoms with E-state index < -0.39 is 5.60 Å². The number of hydrogen-bond acceptors (Lipinski definition) is 4. The molecule has 0 atom stereocenters.